The van der Waals surface area contributed by atoms with Gasteiger partial charge < -0.3 is 10.1 Å². The van der Waals surface area contributed by atoms with Crippen LogP contribution in [-0.4, -0.2) is 53.1 Å². The zero-order valence-electron chi connectivity index (χ0n) is 26.9. The van der Waals surface area contributed by atoms with E-state index in [1.165, 1.54) is 54.6 Å². The second-order valence-electron chi connectivity index (χ2n) is 13.5. The molecule has 3 heterocycles. The number of allylic oxidation sites excluding steroid dienone is 1. The lowest BCUT2D eigenvalue weighted by molar-refractivity contribution is -0.0578. The molecule has 1 aliphatic carbocycles. The Morgan fingerprint density at radius 1 is 1.00 bits per heavy atom. The summed E-state index contributed by atoms with van der Waals surface area (Å²) >= 11 is 0. The normalized spacial score (nSPS) is 19.9. The van der Waals surface area contributed by atoms with Gasteiger partial charge in [0.15, 0.2) is 0 Å². The summed E-state index contributed by atoms with van der Waals surface area (Å²) in [7, 11) is 0. The van der Waals surface area contributed by atoms with E-state index < -0.39 is 0 Å². The molecule has 2 saturated heterocycles. The monoisotopic (exact) mass is 592 g/mol. The van der Waals surface area contributed by atoms with Crippen LogP contribution in [-0.2, 0) is 4.74 Å². The third kappa shape index (κ3) is 6.52. The first-order valence-electron chi connectivity index (χ1n) is 16.7. The number of amides is 1. The van der Waals surface area contributed by atoms with Gasteiger partial charge >= 0.3 is 0 Å². The number of carbonyl (C=O) groups is 1. The summed E-state index contributed by atoms with van der Waals surface area (Å²) in [4.78, 5) is 25.1. The van der Waals surface area contributed by atoms with Crippen LogP contribution in [0.25, 0.3) is 5.57 Å². The Bertz CT molecular complexity index is 1450. The average molecular weight is 593 g/mol. The van der Waals surface area contributed by atoms with Crippen LogP contribution in [0.4, 0.5) is 0 Å². The Balaban J connectivity index is 1.15. The summed E-state index contributed by atoms with van der Waals surface area (Å²) in [6.07, 6.45) is 9.49. The number of likely N-dealkylation sites (tertiary alicyclic amines) is 1. The van der Waals surface area contributed by atoms with Crippen LogP contribution in [0, 0.1) is 12.3 Å². The van der Waals surface area contributed by atoms with Gasteiger partial charge in [0.25, 0.3) is 5.91 Å². The summed E-state index contributed by atoms with van der Waals surface area (Å²) in [5.41, 5.74) is 8.73. The Labute approximate surface area is 263 Å². The van der Waals surface area contributed by atoms with Crippen LogP contribution in [0.2, 0.25) is 0 Å². The molecular weight excluding hydrogens is 544 g/mol. The van der Waals surface area contributed by atoms with Crippen LogP contribution in [0.15, 0.2) is 66.4 Å². The third-order valence-electron chi connectivity index (χ3n) is 9.96. The van der Waals surface area contributed by atoms with Gasteiger partial charge in [-0.2, -0.15) is 0 Å². The van der Waals surface area contributed by atoms with Crippen LogP contribution >= 0.6 is 0 Å². The highest BCUT2D eigenvalue weighted by Gasteiger charge is 2.52. The summed E-state index contributed by atoms with van der Waals surface area (Å²) in [5, 5.41) is 3.17. The fourth-order valence-corrected chi connectivity index (χ4v) is 7.52. The minimum atomic E-state index is -0.155. The third-order valence-corrected chi connectivity index (χ3v) is 9.96. The van der Waals surface area contributed by atoms with Crippen molar-refractivity contribution in [2.75, 3.05) is 26.3 Å². The molecule has 1 amide bonds. The van der Waals surface area contributed by atoms with Crippen molar-refractivity contribution in [3.8, 4) is 0 Å². The van der Waals surface area contributed by atoms with Gasteiger partial charge in [0, 0.05) is 43.3 Å². The molecule has 44 heavy (non-hydrogen) atoms. The number of carbonyl (C=O) groups excluding carboxylic acids is 1. The predicted molar refractivity (Wildman–Crippen MR) is 177 cm³/mol. The second-order valence-corrected chi connectivity index (χ2v) is 13.5. The van der Waals surface area contributed by atoms with Crippen LogP contribution in [0.5, 0.6) is 0 Å². The van der Waals surface area contributed by atoms with Crippen molar-refractivity contribution in [3.05, 3.63) is 100 Å². The first kappa shape index (κ1) is 30.7. The quantitative estimate of drug-likeness (QED) is 0.248. The minimum Gasteiger partial charge on any atom is -0.380 e. The molecule has 2 atom stereocenters. The van der Waals surface area contributed by atoms with Crippen LogP contribution in [0.3, 0.4) is 0 Å². The molecule has 3 fully saturated rings. The van der Waals surface area contributed by atoms with E-state index >= 15 is 0 Å². The van der Waals surface area contributed by atoms with E-state index in [0.29, 0.717) is 23.1 Å². The predicted octanol–water partition coefficient (Wildman–Crippen LogP) is 7.65. The van der Waals surface area contributed by atoms with Crippen molar-refractivity contribution in [3.63, 3.8) is 0 Å². The first-order valence-corrected chi connectivity index (χ1v) is 16.7. The summed E-state index contributed by atoms with van der Waals surface area (Å²) < 4.78 is 5.64. The maximum absolute atomic E-state index is 13.2. The minimum absolute atomic E-state index is 0.139. The SMILES string of the molecule is CCCC(CCC)c1nccc(C(=O)NC(C)c2ccc(C(=C3CC4(C3)CN(C3CCOC3)C4)c3ccc(C)cc3)cc2)n1. The van der Waals surface area contributed by atoms with E-state index in [1.54, 1.807) is 17.8 Å². The summed E-state index contributed by atoms with van der Waals surface area (Å²) in [5.74, 6) is 0.933. The number of nitrogens with one attached hydrogen (secondary N) is 1. The van der Waals surface area contributed by atoms with Gasteiger partial charge in [-0.3, -0.25) is 9.69 Å². The van der Waals surface area contributed by atoms with Gasteiger partial charge in [-0.15, -0.1) is 0 Å². The van der Waals surface area contributed by atoms with Crippen molar-refractivity contribution in [1.82, 2.24) is 20.2 Å². The zero-order chi connectivity index (χ0) is 30.7. The highest BCUT2D eigenvalue weighted by Crippen LogP contribution is 2.55. The van der Waals surface area contributed by atoms with Crippen molar-refractivity contribution in [2.45, 2.75) is 90.6 Å². The van der Waals surface area contributed by atoms with Gasteiger partial charge in [0.2, 0.25) is 0 Å². The molecule has 0 bridgehead atoms. The number of aryl methyl sites for hydroxylation is 1. The number of nitrogens with zero attached hydrogens (tertiary/aromatic N) is 3. The zero-order valence-corrected chi connectivity index (χ0v) is 26.9. The van der Waals surface area contributed by atoms with E-state index in [2.05, 4.69) is 89.5 Å². The second kappa shape index (κ2) is 13.3. The van der Waals surface area contributed by atoms with Gasteiger partial charge in [-0.1, -0.05) is 86.4 Å². The summed E-state index contributed by atoms with van der Waals surface area (Å²) in [6, 6.07) is 20.0. The number of rotatable bonds is 11. The lowest BCUT2D eigenvalue weighted by atomic mass is 9.58. The molecule has 6 heteroatoms. The molecule has 6 nitrogen and oxygen atoms in total. The number of hydrogen-bond acceptors (Lipinski definition) is 5. The molecule has 2 unspecified atom stereocenters. The molecule has 1 aromatic heterocycles. The average Bonchev–Trinajstić information content (AvgIpc) is 3.53. The highest BCUT2D eigenvalue weighted by atomic mass is 16.5. The molecule has 0 radical (unpaired) electrons. The number of aromatic nitrogens is 2. The van der Waals surface area contributed by atoms with E-state index in [9.17, 15) is 4.79 Å². The van der Waals surface area contributed by atoms with Crippen LogP contribution in [0.1, 0.15) is 116 Å². The molecule has 1 spiro atoms. The Morgan fingerprint density at radius 3 is 2.27 bits per heavy atom. The summed E-state index contributed by atoms with van der Waals surface area (Å²) in [6.45, 7) is 12.8. The van der Waals surface area contributed by atoms with Crippen molar-refractivity contribution in [1.29, 1.82) is 0 Å². The van der Waals surface area contributed by atoms with E-state index in [0.717, 1.165) is 50.3 Å². The standard InChI is InChI=1S/C38H48N4O2/c1-5-7-31(8-6-2)36-39-19-17-34(41-36)37(43)40-27(4)28-13-15-30(16-14-28)35(29-11-9-26(3)10-12-29)32-21-38(22-32)24-42(25-38)33-18-20-44-23-33/h9-17,19,27,31,33H,5-8,18,20-25H2,1-4H3,(H,40,43). The first-order chi connectivity index (χ1) is 21.4. The fourth-order valence-electron chi connectivity index (χ4n) is 7.52. The Kier molecular flexibility index (Phi) is 9.29. The van der Waals surface area contributed by atoms with Crippen LogP contribution < -0.4 is 5.32 Å². The van der Waals surface area contributed by atoms with Gasteiger partial charge in [-0.05, 0) is 74.3 Å². The molecule has 3 aromatic rings. The van der Waals surface area contributed by atoms with Crippen molar-refractivity contribution >= 4 is 11.5 Å². The Morgan fingerprint density at radius 2 is 1.66 bits per heavy atom. The van der Waals surface area contributed by atoms with Gasteiger partial charge in [0.05, 0.1) is 12.6 Å². The van der Waals surface area contributed by atoms with Crippen molar-refractivity contribution < 1.29 is 9.53 Å². The maximum atomic E-state index is 13.2. The molecule has 2 aliphatic heterocycles. The molecule has 2 aromatic carbocycles. The van der Waals surface area contributed by atoms with E-state index in [-0.39, 0.29) is 11.9 Å². The van der Waals surface area contributed by atoms with Crippen molar-refractivity contribution in [2.24, 2.45) is 5.41 Å². The molecule has 1 N–H and O–H groups in total. The molecule has 232 valence electrons. The molecule has 1 saturated carbocycles. The lowest BCUT2D eigenvalue weighted by Crippen LogP contribution is -2.63. The lowest BCUT2D eigenvalue weighted by Gasteiger charge is -2.59. The highest BCUT2D eigenvalue weighted by molar-refractivity contribution is 5.92. The topological polar surface area (TPSA) is 67.4 Å². The van der Waals surface area contributed by atoms with Gasteiger partial charge in [-0.25, -0.2) is 9.97 Å². The van der Waals surface area contributed by atoms with E-state index in [1.807, 2.05) is 6.92 Å². The largest absolute Gasteiger partial charge is 0.380 e. The Hall–Kier alpha value is -3.35. The van der Waals surface area contributed by atoms with Gasteiger partial charge in [0.1, 0.15) is 11.5 Å². The molecular formula is C38H48N4O2. The molecule has 3 aliphatic rings. The number of ether oxygens (including phenoxy) is 1. The number of benzene rings is 2. The molecule has 6 rings (SSSR count). The maximum Gasteiger partial charge on any atom is 0.270 e. The number of hydrogen-bond donors (Lipinski definition) is 1. The van der Waals surface area contributed by atoms with E-state index in [4.69, 9.17) is 4.74 Å². The smallest absolute Gasteiger partial charge is 0.270 e. The fraction of sp³-hybridized carbons (Fsp3) is 0.500.